The molecule has 2 saturated heterocycles. The van der Waals surface area contributed by atoms with Crippen molar-refractivity contribution in [2.45, 2.75) is 26.4 Å². The van der Waals surface area contributed by atoms with E-state index >= 15 is 0 Å². The molecule has 2 aromatic rings. The van der Waals surface area contributed by atoms with Crippen molar-refractivity contribution in [3.05, 3.63) is 59.4 Å². The number of amides is 2. The lowest BCUT2D eigenvalue weighted by molar-refractivity contribution is 0.122. The summed E-state index contributed by atoms with van der Waals surface area (Å²) in [5.41, 5.74) is 4.05. The van der Waals surface area contributed by atoms with Gasteiger partial charge in [0, 0.05) is 69.8 Å². The van der Waals surface area contributed by atoms with Crippen LogP contribution in [0.15, 0.2) is 42.5 Å². The molecule has 1 N–H and O–H groups in total. The Morgan fingerprint density at radius 3 is 2.37 bits per heavy atom. The van der Waals surface area contributed by atoms with Gasteiger partial charge in [-0.05, 0) is 49.4 Å². The number of likely N-dealkylation sites (N-methyl/N-ethyl adjacent to an activating group) is 1. The fraction of sp³-hybridized carbons (Fsp3) is 0.519. The van der Waals surface area contributed by atoms with Gasteiger partial charge in [0.1, 0.15) is 5.82 Å². The molecule has 8 heteroatoms. The first-order valence-electron chi connectivity index (χ1n) is 12.6. The van der Waals surface area contributed by atoms with E-state index in [0.29, 0.717) is 6.54 Å². The topological polar surface area (TPSA) is 51.3 Å². The van der Waals surface area contributed by atoms with E-state index < -0.39 is 0 Å². The minimum Gasteiger partial charge on any atom is -0.378 e. The predicted octanol–water partition coefficient (Wildman–Crippen LogP) is 3.71. The Labute approximate surface area is 208 Å². The van der Waals surface area contributed by atoms with Gasteiger partial charge in [-0.15, -0.1) is 0 Å². The van der Waals surface area contributed by atoms with E-state index in [1.54, 1.807) is 18.0 Å². The zero-order chi connectivity index (χ0) is 24.8. The van der Waals surface area contributed by atoms with Gasteiger partial charge < -0.3 is 29.7 Å². The molecule has 0 aromatic heterocycles. The van der Waals surface area contributed by atoms with E-state index in [9.17, 15) is 9.18 Å². The summed E-state index contributed by atoms with van der Waals surface area (Å²) >= 11 is 0. The number of hydrogen-bond acceptors (Lipinski definition) is 5. The second-order valence-electron chi connectivity index (χ2n) is 9.42. The molecule has 35 heavy (non-hydrogen) atoms. The Hall–Kier alpha value is -2.84. The number of carbonyl (C=O) groups excluding carboxylic acids is 1. The SMILES string of the molecule is CCN1CCN(c2ccc(F)cc2C(C)NC(=O)N(C)Cc2ccc(N3CCOCC3)cc2)CC1. The number of nitrogens with zero attached hydrogens (tertiary/aromatic N) is 4. The van der Waals surface area contributed by atoms with Crippen LogP contribution in [0.25, 0.3) is 0 Å². The molecule has 2 aliphatic heterocycles. The molecular weight excluding hydrogens is 445 g/mol. The van der Waals surface area contributed by atoms with Crippen LogP contribution in [-0.4, -0.2) is 81.9 Å². The van der Waals surface area contributed by atoms with E-state index in [-0.39, 0.29) is 17.9 Å². The van der Waals surface area contributed by atoms with Gasteiger partial charge >= 0.3 is 6.03 Å². The standard InChI is InChI=1S/C27H38FN5O2/c1-4-31-11-13-33(14-12-31)26-10-7-23(28)19-25(26)21(2)29-27(34)30(3)20-22-5-8-24(9-6-22)32-15-17-35-18-16-32/h5-10,19,21H,4,11-18,20H2,1-3H3,(H,29,34). The van der Waals surface area contributed by atoms with Crippen LogP contribution >= 0.6 is 0 Å². The first-order chi connectivity index (χ1) is 16.9. The molecule has 1 atom stereocenters. The van der Waals surface area contributed by atoms with Crippen LogP contribution in [0.1, 0.15) is 31.0 Å². The van der Waals surface area contributed by atoms with E-state index in [4.69, 9.17) is 4.74 Å². The van der Waals surface area contributed by atoms with Gasteiger partial charge in [0.15, 0.2) is 0 Å². The lowest BCUT2D eigenvalue weighted by atomic mass is 10.0. The van der Waals surface area contributed by atoms with Crippen molar-refractivity contribution in [3.8, 4) is 0 Å². The van der Waals surface area contributed by atoms with Crippen LogP contribution in [-0.2, 0) is 11.3 Å². The van der Waals surface area contributed by atoms with Crippen LogP contribution in [0.2, 0.25) is 0 Å². The molecule has 0 saturated carbocycles. The highest BCUT2D eigenvalue weighted by molar-refractivity contribution is 5.75. The number of urea groups is 1. The Bertz CT molecular complexity index is 972. The highest BCUT2D eigenvalue weighted by Crippen LogP contribution is 2.28. The molecule has 0 aliphatic carbocycles. The summed E-state index contributed by atoms with van der Waals surface area (Å²) in [5, 5.41) is 3.07. The Kier molecular flexibility index (Phi) is 8.46. The monoisotopic (exact) mass is 483 g/mol. The van der Waals surface area contributed by atoms with Crippen molar-refractivity contribution in [2.24, 2.45) is 0 Å². The molecule has 2 heterocycles. The largest absolute Gasteiger partial charge is 0.378 e. The second-order valence-corrected chi connectivity index (χ2v) is 9.42. The van der Waals surface area contributed by atoms with Crippen LogP contribution in [0.5, 0.6) is 0 Å². The summed E-state index contributed by atoms with van der Waals surface area (Å²) in [6, 6.07) is 12.7. The molecule has 7 nitrogen and oxygen atoms in total. The number of nitrogens with one attached hydrogen (secondary N) is 1. The summed E-state index contributed by atoms with van der Waals surface area (Å²) in [4.78, 5) is 21.7. The molecule has 2 aromatic carbocycles. The molecule has 0 radical (unpaired) electrons. The van der Waals surface area contributed by atoms with Crippen LogP contribution in [0, 0.1) is 5.82 Å². The summed E-state index contributed by atoms with van der Waals surface area (Å²) in [6.07, 6.45) is 0. The summed E-state index contributed by atoms with van der Waals surface area (Å²) in [5.74, 6) is -0.286. The molecule has 190 valence electrons. The van der Waals surface area contributed by atoms with E-state index in [1.807, 2.05) is 13.0 Å². The lowest BCUT2D eigenvalue weighted by Gasteiger charge is -2.37. The van der Waals surface area contributed by atoms with Crippen molar-refractivity contribution in [1.29, 1.82) is 0 Å². The molecule has 2 fully saturated rings. The smallest absolute Gasteiger partial charge is 0.317 e. The number of hydrogen-bond donors (Lipinski definition) is 1. The lowest BCUT2D eigenvalue weighted by Crippen LogP contribution is -2.46. The van der Waals surface area contributed by atoms with Crippen molar-refractivity contribution in [3.63, 3.8) is 0 Å². The Morgan fingerprint density at radius 1 is 1.03 bits per heavy atom. The van der Waals surface area contributed by atoms with Crippen molar-refractivity contribution in [2.75, 3.05) is 75.9 Å². The Morgan fingerprint density at radius 2 is 1.71 bits per heavy atom. The zero-order valence-electron chi connectivity index (χ0n) is 21.2. The number of halogens is 1. The van der Waals surface area contributed by atoms with Gasteiger partial charge in [-0.1, -0.05) is 19.1 Å². The molecule has 2 amide bonds. The predicted molar refractivity (Wildman–Crippen MR) is 139 cm³/mol. The minimum atomic E-state index is -0.316. The van der Waals surface area contributed by atoms with Crippen molar-refractivity contribution >= 4 is 17.4 Å². The number of ether oxygens (including phenoxy) is 1. The molecule has 0 bridgehead atoms. The molecular formula is C27H38FN5O2. The maximum Gasteiger partial charge on any atom is 0.317 e. The fourth-order valence-corrected chi connectivity index (χ4v) is 4.82. The first-order valence-corrected chi connectivity index (χ1v) is 12.6. The van der Waals surface area contributed by atoms with Gasteiger partial charge in [-0.3, -0.25) is 0 Å². The second kappa shape index (κ2) is 11.7. The average Bonchev–Trinajstić information content (AvgIpc) is 2.89. The van der Waals surface area contributed by atoms with Crippen molar-refractivity contribution in [1.82, 2.24) is 15.1 Å². The maximum atomic E-state index is 14.2. The van der Waals surface area contributed by atoms with Crippen LogP contribution in [0.4, 0.5) is 20.6 Å². The fourth-order valence-electron chi connectivity index (χ4n) is 4.82. The highest BCUT2D eigenvalue weighted by Gasteiger charge is 2.23. The highest BCUT2D eigenvalue weighted by atomic mass is 19.1. The van der Waals surface area contributed by atoms with Gasteiger partial charge in [0.05, 0.1) is 19.3 Å². The van der Waals surface area contributed by atoms with Gasteiger partial charge in [0.2, 0.25) is 0 Å². The maximum absolute atomic E-state index is 14.2. The summed E-state index contributed by atoms with van der Waals surface area (Å²) in [7, 11) is 1.79. The van der Waals surface area contributed by atoms with E-state index in [0.717, 1.165) is 75.8 Å². The zero-order valence-corrected chi connectivity index (χ0v) is 21.2. The molecule has 1 unspecified atom stereocenters. The third kappa shape index (κ3) is 6.44. The quantitative estimate of drug-likeness (QED) is 0.651. The minimum absolute atomic E-state index is 0.180. The number of benzene rings is 2. The first kappa shape index (κ1) is 25.3. The number of piperazine rings is 1. The van der Waals surface area contributed by atoms with Crippen LogP contribution < -0.4 is 15.1 Å². The normalized spacial score (nSPS) is 17.8. The number of anilines is 2. The third-order valence-electron chi connectivity index (χ3n) is 7.04. The van der Waals surface area contributed by atoms with Gasteiger partial charge in [-0.25, -0.2) is 9.18 Å². The number of rotatable bonds is 7. The van der Waals surface area contributed by atoms with Crippen molar-refractivity contribution < 1.29 is 13.9 Å². The van der Waals surface area contributed by atoms with Crippen LogP contribution in [0.3, 0.4) is 0 Å². The third-order valence-corrected chi connectivity index (χ3v) is 7.04. The number of morpholine rings is 1. The summed E-state index contributed by atoms with van der Waals surface area (Å²) in [6.45, 7) is 12.7. The van der Waals surface area contributed by atoms with E-state index in [1.165, 1.54) is 11.8 Å². The number of carbonyl (C=O) groups is 1. The van der Waals surface area contributed by atoms with Gasteiger partial charge in [0.25, 0.3) is 0 Å². The Balaban J connectivity index is 1.36. The van der Waals surface area contributed by atoms with Gasteiger partial charge in [-0.2, -0.15) is 0 Å². The average molecular weight is 484 g/mol. The summed E-state index contributed by atoms with van der Waals surface area (Å²) < 4.78 is 19.6. The molecule has 0 spiro atoms. The van der Waals surface area contributed by atoms with E-state index in [2.05, 4.69) is 51.2 Å². The molecule has 2 aliphatic rings. The molecule has 4 rings (SSSR count).